The van der Waals surface area contributed by atoms with E-state index in [1.165, 1.54) is 0 Å². The van der Waals surface area contributed by atoms with Crippen molar-refractivity contribution in [3.63, 3.8) is 0 Å². The number of nitriles is 2. The molecule has 0 saturated heterocycles. The van der Waals surface area contributed by atoms with Gasteiger partial charge >= 0.3 is 5.69 Å². The zero-order valence-electron chi connectivity index (χ0n) is 16.4. The summed E-state index contributed by atoms with van der Waals surface area (Å²) in [7, 11) is 1.73. The molecule has 2 aromatic heterocycles. The van der Waals surface area contributed by atoms with Gasteiger partial charge in [0.2, 0.25) is 5.95 Å². The van der Waals surface area contributed by atoms with Crippen molar-refractivity contribution in [3.8, 4) is 12.1 Å². The van der Waals surface area contributed by atoms with E-state index in [0.29, 0.717) is 22.7 Å². The van der Waals surface area contributed by atoms with Crippen LogP contribution in [0.2, 0.25) is 0 Å². The number of imidazole rings is 1. The minimum Gasteiger partial charge on any atom is -0.324 e. The fourth-order valence-electron chi connectivity index (χ4n) is 3.98. The van der Waals surface area contributed by atoms with Crippen molar-refractivity contribution in [2.45, 2.75) is 38.6 Å². The Labute approximate surface area is 168 Å². The van der Waals surface area contributed by atoms with Gasteiger partial charge < -0.3 is 5.32 Å². The molecule has 29 heavy (non-hydrogen) atoms. The number of hydrogen-bond donors (Lipinski definition) is 1. The van der Waals surface area contributed by atoms with Crippen molar-refractivity contribution in [2.24, 2.45) is 13.0 Å². The number of anilines is 2. The molecule has 1 aliphatic rings. The fourth-order valence-corrected chi connectivity index (χ4v) is 3.98. The zero-order chi connectivity index (χ0) is 20.5. The SMILES string of the molecule is Cc1cc(C#N)ccc1Nc1ncc2c(n1)n(C1CCC(C#N)CC1)c(=O)n2C. The van der Waals surface area contributed by atoms with Gasteiger partial charge in [0.25, 0.3) is 0 Å². The molecule has 0 unspecified atom stereocenters. The third kappa shape index (κ3) is 3.34. The number of nitrogens with zero attached hydrogens (tertiary/aromatic N) is 6. The highest BCUT2D eigenvalue weighted by molar-refractivity contribution is 5.73. The first-order valence-corrected chi connectivity index (χ1v) is 9.63. The molecule has 0 spiro atoms. The molecule has 8 heteroatoms. The molecule has 1 saturated carbocycles. The van der Waals surface area contributed by atoms with E-state index < -0.39 is 0 Å². The maximum absolute atomic E-state index is 12.9. The third-order valence-electron chi connectivity index (χ3n) is 5.68. The summed E-state index contributed by atoms with van der Waals surface area (Å²) in [5, 5.41) is 21.4. The molecule has 1 aromatic carbocycles. The molecule has 0 amide bonds. The summed E-state index contributed by atoms with van der Waals surface area (Å²) in [5.74, 6) is 0.471. The molecule has 1 N–H and O–H groups in total. The molecule has 0 bridgehead atoms. The lowest BCUT2D eigenvalue weighted by atomic mass is 9.87. The zero-order valence-corrected chi connectivity index (χ0v) is 16.4. The van der Waals surface area contributed by atoms with E-state index in [1.54, 1.807) is 34.5 Å². The van der Waals surface area contributed by atoms with Crippen LogP contribution >= 0.6 is 0 Å². The van der Waals surface area contributed by atoms with Crippen molar-refractivity contribution in [3.05, 3.63) is 46.0 Å². The van der Waals surface area contributed by atoms with Crippen LogP contribution in [0.3, 0.4) is 0 Å². The summed E-state index contributed by atoms with van der Waals surface area (Å²) in [4.78, 5) is 21.9. The Morgan fingerprint density at radius 3 is 2.62 bits per heavy atom. The summed E-state index contributed by atoms with van der Waals surface area (Å²) in [5.41, 5.74) is 3.48. The quantitative estimate of drug-likeness (QED) is 0.738. The number of nitrogens with one attached hydrogen (secondary N) is 1. The monoisotopic (exact) mass is 387 g/mol. The number of benzene rings is 1. The normalized spacial score (nSPS) is 18.9. The van der Waals surface area contributed by atoms with Crippen molar-refractivity contribution >= 4 is 22.8 Å². The second kappa shape index (κ2) is 7.40. The molecular weight excluding hydrogens is 366 g/mol. The lowest BCUT2D eigenvalue weighted by Gasteiger charge is -2.25. The number of fused-ring (bicyclic) bond motifs is 1. The van der Waals surface area contributed by atoms with Gasteiger partial charge in [-0.15, -0.1) is 0 Å². The van der Waals surface area contributed by atoms with Gasteiger partial charge in [-0.3, -0.25) is 9.13 Å². The van der Waals surface area contributed by atoms with Gasteiger partial charge in [0.05, 0.1) is 23.9 Å². The predicted molar refractivity (Wildman–Crippen MR) is 109 cm³/mol. The number of aryl methyl sites for hydroxylation is 2. The average molecular weight is 387 g/mol. The van der Waals surface area contributed by atoms with Gasteiger partial charge in [0.15, 0.2) is 5.65 Å². The minimum absolute atomic E-state index is 0.0372. The molecule has 1 fully saturated rings. The predicted octanol–water partition coefficient (Wildman–Crippen LogP) is 3.31. The van der Waals surface area contributed by atoms with Gasteiger partial charge in [0, 0.05) is 24.7 Å². The van der Waals surface area contributed by atoms with E-state index in [4.69, 9.17) is 10.5 Å². The van der Waals surface area contributed by atoms with E-state index in [9.17, 15) is 4.79 Å². The van der Waals surface area contributed by atoms with Gasteiger partial charge in [-0.1, -0.05) is 0 Å². The molecule has 0 atom stereocenters. The molecule has 1 aliphatic carbocycles. The van der Waals surface area contributed by atoms with Crippen molar-refractivity contribution in [2.75, 3.05) is 5.32 Å². The maximum atomic E-state index is 12.9. The van der Waals surface area contributed by atoms with Crippen LogP contribution in [0.25, 0.3) is 11.2 Å². The standard InChI is InChI=1S/C21H21N7O/c1-13-9-15(11-23)5-8-17(13)25-20-24-12-18-19(26-20)28(21(29)27(18)2)16-6-3-14(10-22)4-7-16/h5,8-9,12,14,16H,3-4,6-7H2,1-2H3,(H,24,25,26). The highest BCUT2D eigenvalue weighted by atomic mass is 16.1. The second-order valence-electron chi connectivity index (χ2n) is 7.52. The Kier molecular flexibility index (Phi) is 4.77. The third-order valence-corrected chi connectivity index (χ3v) is 5.68. The average Bonchev–Trinajstić information content (AvgIpc) is 2.99. The smallest absolute Gasteiger partial charge is 0.324 e. The van der Waals surface area contributed by atoms with E-state index >= 15 is 0 Å². The first-order chi connectivity index (χ1) is 14.0. The van der Waals surface area contributed by atoms with Crippen molar-refractivity contribution in [1.29, 1.82) is 10.5 Å². The lowest BCUT2D eigenvalue weighted by molar-refractivity contribution is 0.311. The van der Waals surface area contributed by atoms with Crippen LogP contribution in [0.15, 0.2) is 29.2 Å². The molecular formula is C21H21N7O. The van der Waals surface area contributed by atoms with E-state index in [1.807, 2.05) is 13.0 Å². The Morgan fingerprint density at radius 2 is 1.97 bits per heavy atom. The van der Waals surface area contributed by atoms with Crippen molar-refractivity contribution in [1.82, 2.24) is 19.1 Å². The largest absolute Gasteiger partial charge is 0.330 e. The van der Waals surface area contributed by atoms with Crippen LogP contribution in [0.4, 0.5) is 11.6 Å². The number of rotatable bonds is 3. The Bertz CT molecular complexity index is 1220. The Hall–Kier alpha value is -3.65. The van der Waals surface area contributed by atoms with E-state index in [0.717, 1.165) is 36.9 Å². The summed E-state index contributed by atoms with van der Waals surface area (Å²) >= 11 is 0. The Morgan fingerprint density at radius 1 is 1.21 bits per heavy atom. The van der Waals surface area contributed by atoms with Crippen LogP contribution in [-0.2, 0) is 7.05 Å². The summed E-state index contributed by atoms with van der Waals surface area (Å²) in [6.07, 6.45) is 4.83. The van der Waals surface area contributed by atoms with Crippen LogP contribution in [-0.4, -0.2) is 19.1 Å². The molecule has 4 rings (SSSR count). The fraction of sp³-hybridized carbons (Fsp3) is 0.381. The van der Waals surface area contributed by atoms with Gasteiger partial charge in [-0.05, 0) is 56.4 Å². The summed E-state index contributed by atoms with van der Waals surface area (Å²) < 4.78 is 3.32. The second-order valence-corrected chi connectivity index (χ2v) is 7.52. The number of aromatic nitrogens is 4. The maximum Gasteiger partial charge on any atom is 0.330 e. The molecule has 0 radical (unpaired) electrons. The van der Waals surface area contributed by atoms with Crippen LogP contribution in [0.5, 0.6) is 0 Å². The van der Waals surface area contributed by atoms with Gasteiger partial charge in [-0.25, -0.2) is 9.78 Å². The first-order valence-electron chi connectivity index (χ1n) is 9.63. The first kappa shape index (κ1) is 18.7. The van der Waals surface area contributed by atoms with Crippen LogP contribution < -0.4 is 11.0 Å². The highest BCUT2D eigenvalue weighted by Crippen LogP contribution is 2.32. The molecule has 0 aliphatic heterocycles. The topological polar surface area (TPSA) is 112 Å². The Balaban J connectivity index is 1.71. The highest BCUT2D eigenvalue weighted by Gasteiger charge is 2.26. The van der Waals surface area contributed by atoms with Gasteiger partial charge in [0.1, 0.15) is 5.52 Å². The molecule has 146 valence electrons. The van der Waals surface area contributed by atoms with Gasteiger partial charge in [-0.2, -0.15) is 15.5 Å². The molecule has 8 nitrogen and oxygen atoms in total. The van der Waals surface area contributed by atoms with Crippen LogP contribution in [0.1, 0.15) is 42.9 Å². The van der Waals surface area contributed by atoms with Crippen molar-refractivity contribution < 1.29 is 0 Å². The van der Waals surface area contributed by atoms with Crippen LogP contribution in [0, 0.1) is 35.5 Å². The summed E-state index contributed by atoms with van der Waals surface area (Å²) in [6, 6.07) is 9.85. The number of hydrogen-bond acceptors (Lipinski definition) is 6. The van der Waals surface area contributed by atoms with E-state index in [-0.39, 0.29) is 17.6 Å². The minimum atomic E-state index is -0.110. The summed E-state index contributed by atoms with van der Waals surface area (Å²) in [6.45, 7) is 1.91. The lowest BCUT2D eigenvalue weighted by Crippen LogP contribution is -2.28. The van der Waals surface area contributed by atoms with E-state index in [2.05, 4.69) is 27.4 Å². The molecule has 3 aromatic rings. The molecule has 2 heterocycles.